The number of nitrogens with one attached hydrogen (secondary N) is 1. The summed E-state index contributed by atoms with van der Waals surface area (Å²) in [5, 5.41) is 3.30. The van der Waals surface area contributed by atoms with Crippen LogP contribution >= 0.6 is 11.6 Å². The molecule has 0 spiro atoms. The first-order valence-electron chi connectivity index (χ1n) is 10.9. The zero-order chi connectivity index (χ0) is 24.6. The molecular weight excluding hydrogens is 462 g/mol. The Kier molecular flexibility index (Phi) is 9.88. The summed E-state index contributed by atoms with van der Waals surface area (Å²) in [6, 6.07) is 12.7. The maximum Gasteiger partial charge on any atom is 0.243 e. The molecule has 33 heavy (non-hydrogen) atoms. The van der Waals surface area contributed by atoms with Crippen LogP contribution in [0.2, 0.25) is 5.02 Å². The number of carbonyl (C=O) groups is 2. The van der Waals surface area contributed by atoms with Gasteiger partial charge in [0.2, 0.25) is 21.8 Å². The van der Waals surface area contributed by atoms with Crippen LogP contribution in [0.5, 0.6) is 0 Å². The van der Waals surface area contributed by atoms with E-state index < -0.39 is 28.5 Å². The number of likely N-dealkylation sites (N-methyl/N-ethyl adjacent to an activating group) is 1. The number of sulfonamides is 1. The summed E-state index contributed by atoms with van der Waals surface area (Å²) >= 11 is 6.29. The van der Waals surface area contributed by atoms with Gasteiger partial charge in [-0.15, -0.1) is 0 Å². The number of halogens is 1. The largest absolute Gasteiger partial charge is 0.354 e. The summed E-state index contributed by atoms with van der Waals surface area (Å²) in [7, 11) is -2.52. The van der Waals surface area contributed by atoms with Crippen molar-refractivity contribution in [3.05, 3.63) is 64.7 Å². The van der Waals surface area contributed by atoms with E-state index in [0.29, 0.717) is 17.1 Å². The molecule has 2 amide bonds. The second-order valence-electron chi connectivity index (χ2n) is 8.01. The minimum absolute atomic E-state index is 0.0826. The van der Waals surface area contributed by atoms with Crippen molar-refractivity contribution in [2.45, 2.75) is 51.1 Å². The van der Waals surface area contributed by atoms with Gasteiger partial charge in [0.05, 0.1) is 11.4 Å². The Morgan fingerprint density at radius 2 is 1.73 bits per heavy atom. The molecule has 0 fully saturated rings. The van der Waals surface area contributed by atoms with Gasteiger partial charge in [-0.25, -0.2) is 8.42 Å². The first-order valence-corrected chi connectivity index (χ1v) is 12.7. The molecule has 1 atom stereocenters. The summed E-state index contributed by atoms with van der Waals surface area (Å²) in [6.45, 7) is 5.70. The van der Waals surface area contributed by atoms with Crippen LogP contribution in [0.1, 0.15) is 37.8 Å². The molecule has 0 aliphatic heterocycles. The third kappa shape index (κ3) is 7.28. The highest BCUT2D eigenvalue weighted by Crippen LogP contribution is 2.20. The first-order chi connectivity index (χ1) is 15.6. The van der Waals surface area contributed by atoms with E-state index in [-0.39, 0.29) is 17.3 Å². The third-order valence-corrected chi connectivity index (χ3v) is 7.57. The number of hydrogen-bond acceptors (Lipinski definition) is 4. The summed E-state index contributed by atoms with van der Waals surface area (Å²) < 4.78 is 26.9. The van der Waals surface area contributed by atoms with Gasteiger partial charge in [0, 0.05) is 25.2 Å². The van der Waals surface area contributed by atoms with E-state index in [9.17, 15) is 18.0 Å². The van der Waals surface area contributed by atoms with Crippen molar-refractivity contribution in [2.24, 2.45) is 0 Å². The maximum atomic E-state index is 13.3. The van der Waals surface area contributed by atoms with E-state index in [1.54, 1.807) is 43.3 Å². The minimum Gasteiger partial charge on any atom is -0.354 e. The van der Waals surface area contributed by atoms with Crippen molar-refractivity contribution in [2.75, 3.05) is 20.1 Å². The number of aryl methyl sites for hydroxylation is 1. The fraction of sp³-hybridized carbons (Fsp3) is 0.417. The highest BCUT2D eigenvalue weighted by atomic mass is 35.5. The van der Waals surface area contributed by atoms with Crippen molar-refractivity contribution < 1.29 is 18.0 Å². The van der Waals surface area contributed by atoms with Crippen molar-refractivity contribution in [3.8, 4) is 0 Å². The molecule has 9 heteroatoms. The number of benzene rings is 2. The molecule has 1 N–H and O–H groups in total. The van der Waals surface area contributed by atoms with Gasteiger partial charge in [-0.3, -0.25) is 9.59 Å². The molecule has 0 aromatic heterocycles. The van der Waals surface area contributed by atoms with E-state index in [1.165, 1.54) is 24.1 Å². The first kappa shape index (κ1) is 26.8. The molecule has 0 aliphatic rings. The van der Waals surface area contributed by atoms with E-state index in [1.807, 2.05) is 13.8 Å². The number of rotatable bonds is 11. The van der Waals surface area contributed by atoms with Crippen LogP contribution in [-0.4, -0.2) is 55.6 Å². The number of amides is 2. The lowest BCUT2D eigenvalue weighted by molar-refractivity contribution is -0.140. The number of hydrogen-bond donors (Lipinski definition) is 1. The Balaban J connectivity index is 2.25. The van der Waals surface area contributed by atoms with Gasteiger partial charge in [0.1, 0.15) is 6.04 Å². The number of nitrogens with zero attached hydrogens (tertiary/aromatic N) is 2. The Hall–Kier alpha value is -2.42. The van der Waals surface area contributed by atoms with Gasteiger partial charge in [-0.05, 0) is 44.0 Å². The average molecular weight is 494 g/mol. The average Bonchev–Trinajstić information content (AvgIpc) is 2.78. The predicted octanol–water partition coefficient (Wildman–Crippen LogP) is 3.60. The Morgan fingerprint density at radius 3 is 2.33 bits per heavy atom. The minimum atomic E-state index is -3.87. The van der Waals surface area contributed by atoms with Crippen LogP contribution < -0.4 is 5.32 Å². The van der Waals surface area contributed by atoms with Crippen LogP contribution in [0.15, 0.2) is 53.4 Å². The second-order valence-corrected chi connectivity index (χ2v) is 10.5. The van der Waals surface area contributed by atoms with Gasteiger partial charge >= 0.3 is 0 Å². The maximum absolute atomic E-state index is 13.3. The highest BCUT2D eigenvalue weighted by Gasteiger charge is 2.30. The van der Waals surface area contributed by atoms with E-state index >= 15 is 0 Å². The molecule has 7 nitrogen and oxygen atoms in total. The third-order valence-electron chi connectivity index (χ3n) is 5.38. The van der Waals surface area contributed by atoms with Crippen molar-refractivity contribution in [1.82, 2.24) is 14.5 Å². The molecular formula is C24H32ClN3O4S. The standard InChI is InChI=1S/C24H32ClN3O4S/c1-5-6-15-26-24(30)19(3)28(16-20-9-7-8-10-22(20)25)23(29)17-27(4)33(31,32)21-13-11-18(2)12-14-21/h7-14,19H,5-6,15-17H2,1-4H3,(H,26,30). The Bertz CT molecular complexity index is 1060. The van der Waals surface area contributed by atoms with Gasteiger partial charge in [-0.2, -0.15) is 4.31 Å². The molecule has 0 saturated heterocycles. The van der Waals surface area contributed by atoms with Crippen LogP contribution in [0.25, 0.3) is 0 Å². The van der Waals surface area contributed by atoms with E-state index in [0.717, 1.165) is 22.7 Å². The van der Waals surface area contributed by atoms with Crippen molar-refractivity contribution >= 4 is 33.4 Å². The van der Waals surface area contributed by atoms with E-state index in [4.69, 9.17) is 11.6 Å². The zero-order valence-electron chi connectivity index (χ0n) is 19.5. The van der Waals surface area contributed by atoms with Gasteiger partial charge in [0.25, 0.3) is 0 Å². The van der Waals surface area contributed by atoms with Crippen LogP contribution in [-0.2, 0) is 26.2 Å². The Morgan fingerprint density at radius 1 is 1.09 bits per heavy atom. The highest BCUT2D eigenvalue weighted by molar-refractivity contribution is 7.89. The van der Waals surface area contributed by atoms with Gasteiger partial charge < -0.3 is 10.2 Å². The number of unbranched alkanes of at least 4 members (excludes halogenated alkanes) is 1. The summed E-state index contributed by atoms with van der Waals surface area (Å²) in [5.41, 5.74) is 1.60. The molecule has 2 aromatic carbocycles. The van der Waals surface area contributed by atoms with Crippen LogP contribution in [0, 0.1) is 6.92 Å². The van der Waals surface area contributed by atoms with Crippen LogP contribution in [0.3, 0.4) is 0 Å². The monoisotopic (exact) mass is 493 g/mol. The van der Waals surface area contributed by atoms with Crippen molar-refractivity contribution in [1.29, 1.82) is 0 Å². The van der Waals surface area contributed by atoms with E-state index in [2.05, 4.69) is 5.32 Å². The molecule has 0 heterocycles. The lowest BCUT2D eigenvalue weighted by Gasteiger charge is -2.30. The second kappa shape index (κ2) is 12.2. The SMILES string of the molecule is CCCCNC(=O)C(C)N(Cc1ccccc1Cl)C(=O)CN(C)S(=O)(=O)c1ccc(C)cc1. The molecule has 0 radical (unpaired) electrons. The lowest BCUT2D eigenvalue weighted by Crippen LogP contribution is -2.50. The fourth-order valence-electron chi connectivity index (χ4n) is 3.19. The van der Waals surface area contributed by atoms with Crippen LogP contribution in [0.4, 0.5) is 0 Å². The van der Waals surface area contributed by atoms with Crippen molar-refractivity contribution in [3.63, 3.8) is 0 Å². The smallest absolute Gasteiger partial charge is 0.243 e. The lowest BCUT2D eigenvalue weighted by atomic mass is 10.1. The molecule has 2 rings (SSSR count). The normalized spacial score (nSPS) is 12.4. The molecule has 180 valence electrons. The quantitative estimate of drug-likeness (QED) is 0.484. The molecule has 0 saturated carbocycles. The molecule has 1 unspecified atom stereocenters. The van der Waals surface area contributed by atoms with Gasteiger partial charge in [-0.1, -0.05) is 60.8 Å². The number of carbonyl (C=O) groups excluding carboxylic acids is 2. The molecule has 0 bridgehead atoms. The molecule has 2 aromatic rings. The molecule has 0 aliphatic carbocycles. The topological polar surface area (TPSA) is 86.8 Å². The summed E-state index contributed by atoms with van der Waals surface area (Å²) in [6.07, 6.45) is 1.76. The summed E-state index contributed by atoms with van der Waals surface area (Å²) in [4.78, 5) is 27.4. The fourth-order valence-corrected chi connectivity index (χ4v) is 4.50. The summed E-state index contributed by atoms with van der Waals surface area (Å²) in [5.74, 6) is -0.792. The van der Waals surface area contributed by atoms with Gasteiger partial charge in [0.15, 0.2) is 0 Å². The zero-order valence-corrected chi connectivity index (χ0v) is 21.1. The predicted molar refractivity (Wildman–Crippen MR) is 130 cm³/mol. The Labute approximate surface area is 201 Å².